The van der Waals surface area contributed by atoms with Crippen LogP contribution < -0.4 is 5.73 Å². The fraction of sp³-hybridized carbons (Fsp3) is 0. The topological polar surface area (TPSA) is 88.5 Å². The fourth-order valence-corrected chi connectivity index (χ4v) is 2.92. The van der Waals surface area contributed by atoms with Crippen LogP contribution in [0.5, 0.6) is 0 Å². The van der Waals surface area contributed by atoms with Crippen molar-refractivity contribution in [1.29, 1.82) is 5.26 Å². The lowest BCUT2D eigenvalue weighted by Gasteiger charge is -2.11. The quantitative estimate of drug-likeness (QED) is 0.552. The SMILES string of the molecule is N#Cc1nc(-c2ccc3ncccc3c2)c(-c2ccc(Cl)c(F)c2)nc1N. The molecular weight excluding hydrogens is 365 g/mol. The second kappa shape index (κ2) is 6.63. The summed E-state index contributed by atoms with van der Waals surface area (Å²) < 4.78 is 14.0. The Morgan fingerprint density at radius 2 is 1.74 bits per heavy atom. The standard InChI is InChI=1S/C20H11ClFN5/c21-14-5-3-13(9-15(14)22)19-18(26-17(10-23)20(24)27-19)12-4-6-16-11(8-12)2-1-7-25-16/h1-9H,(H2,24,27). The summed E-state index contributed by atoms with van der Waals surface area (Å²) in [7, 11) is 0. The van der Waals surface area contributed by atoms with Crippen LogP contribution >= 0.6 is 11.6 Å². The number of nitriles is 1. The summed E-state index contributed by atoms with van der Waals surface area (Å²) in [5.74, 6) is -0.596. The monoisotopic (exact) mass is 375 g/mol. The minimum absolute atomic E-state index is 0.00616. The molecule has 2 N–H and O–H groups in total. The molecule has 0 aliphatic rings. The zero-order chi connectivity index (χ0) is 19.0. The van der Waals surface area contributed by atoms with Crippen LogP contribution in [0, 0.1) is 17.1 Å². The van der Waals surface area contributed by atoms with E-state index >= 15 is 0 Å². The van der Waals surface area contributed by atoms with Gasteiger partial charge < -0.3 is 5.73 Å². The van der Waals surface area contributed by atoms with Gasteiger partial charge in [0.15, 0.2) is 11.5 Å². The fourth-order valence-electron chi connectivity index (χ4n) is 2.80. The maximum absolute atomic E-state index is 14.0. The van der Waals surface area contributed by atoms with Crippen LogP contribution in [0.15, 0.2) is 54.7 Å². The predicted octanol–water partition coefficient (Wildman–Crippen LogP) is 4.61. The highest BCUT2D eigenvalue weighted by Gasteiger charge is 2.17. The van der Waals surface area contributed by atoms with Crippen LogP contribution in [0.4, 0.5) is 10.2 Å². The van der Waals surface area contributed by atoms with E-state index in [0.717, 1.165) is 10.9 Å². The summed E-state index contributed by atoms with van der Waals surface area (Å²) in [6, 6.07) is 15.6. The number of pyridine rings is 1. The molecule has 0 saturated heterocycles. The van der Waals surface area contributed by atoms with Gasteiger partial charge in [-0.25, -0.2) is 14.4 Å². The number of fused-ring (bicyclic) bond motifs is 1. The lowest BCUT2D eigenvalue weighted by molar-refractivity contribution is 0.628. The van der Waals surface area contributed by atoms with Crippen LogP contribution in [-0.2, 0) is 0 Å². The number of hydrogen-bond acceptors (Lipinski definition) is 5. The second-order valence-electron chi connectivity index (χ2n) is 5.81. The minimum Gasteiger partial charge on any atom is -0.381 e. The van der Waals surface area contributed by atoms with Crippen molar-refractivity contribution in [2.45, 2.75) is 0 Å². The van der Waals surface area contributed by atoms with E-state index < -0.39 is 5.82 Å². The summed E-state index contributed by atoms with van der Waals surface area (Å²) in [5.41, 5.74) is 8.64. The van der Waals surface area contributed by atoms with E-state index in [4.69, 9.17) is 17.3 Å². The van der Waals surface area contributed by atoms with E-state index in [1.807, 2.05) is 36.4 Å². The van der Waals surface area contributed by atoms with Crippen LogP contribution in [-0.4, -0.2) is 15.0 Å². The third-order valence-corrected chi connectivity index (χ3v) is 4.40. The molecule has 130 valence electrons. The van der Waals surface area contributed by atoms with Gasteiger partial charge in [-0.15, -0.1) is 0 Å². The van der Waals surface area contributed by atoms with Gasteiger partial charge in [-0.3, -0.25) is 4.98 Å². The molecule has 0 spiro atoms. The molecule has 4 aromatic rings. The number of nitrogen functional groups attached to an aromatic ring is 1. The van der Waals surface area contributed by atoms with Crippen LogP contribution in [0.3, 0.4) is 0 Å². The van der Waals surface area contributed by atoms with Crippen molar-refractivity contribution in [2.75, 3.05) is 5.73 Å². The Kier molecular flexibility index (Phi) is 4.15. The van der Waals surface area contributed by atoms with Crippen molar-refractivity contribution < 1.29 is 4.39 Å². The number of hydrogen-bond donors (Lipinski definition) is 1. The van der Waals surface area contributed by atoms with Crippen molar-refractivity contribution in [3.05, 3.63) is 71.3 Å². The number of benzene rings is 2. The summed E-state index contributed by atoms with van der Waals surface area (Å²) in [4.78, 5) is 13.0. The van der Waals surface area contributed by atoms with Gasteiger partial charge in [0, 0.05) is 22.7 Å². The number of aromatic nitrogens is 3. The number of rotatable bonds is 2. The highest BCUT2D eigenvalue weighted by molar-refractivity contribution is 6.30. The van der Waals surface area contributed by atoms with E-state index in [1.54, 1.807) is 12.3 Å². The highest BCUT2D eigenvalue weighted by Crippen LogP contribution is 2.33. The van der Waals surface area contributed by atoms with Crippen LogP contribution in [0.1, 0.15) is 5.69 Å². The molecule has 0 bridgehead atoms. The molecule has 0 amide bonds. The average molecular weight is 376 g/mol. The van der Waals surface area contributed by atoms with Crippen molar-refractivity contribution in [3.63, 3.8) is 0 Å². The van der Waals surface area contributed by atoms with Crippen LogP contribution in [0.2, 0.25) is 5.02 Å². The molecule has 27 heavy (non-hydrogen) atoms. The molecule has 2 heterocycles. The Bertz CT molecular complexity index is 1230. The molecule has 0 radical (unpaired) electrons. The Labute approximate surface area is 158 Å². The molecule has 7 heteroatoms. The van der Waals surface area contributed by atoms with Gasteiger partial charge in [0.05, 0.1) is 21.9 Å². The minimum atomic E-state index is -0.576. The van der Waals surface area contributed by atoms with E-state index in [0.29, 0.717) is 22.5 Å². The Morgan fingerprint density at radius 1 is 1.00 bits per heavy atom. The van der Waals surface area contributed by atoms with Gasteiger partial charge in [-0.1, -0.05) is 29.8 Å². The maximum Gasteiger partial charge on any atom is 0.183 e. The Morgan fingerprint density at radius 3 is 2.52 bits per heavy atom. The van der Waals surface area contributed by atoms with Gasteiger partial charge in [-0.2, -0.15) is 5.26 Å². The third kappa shape index (κ3) is 3.05. The lowest BCUT2D eigenvalue weighted by atomic mass is 10.0. The molecule has 0 aliphatic heterocycles. The van der Waals surface area contributed by atoms with Crippen molar-refractivity contribution in [2.24, 2.45) is 0 Å². The molecule has 4 rings (SSSR count). The normalized spacial score (nSPS) is 10.7. The molecule has 0 unspecified atom stereocenters. The Hall–Kier alpha value is -3.56. The smallest absolute Gasteiger partial charge is 0.183 e. The molecule has 2 aromatic carbocycles. The third-order valence-electron chi connectivity index (χ3n) is 4.10. The summed E-state index contributed by atoms with van der Waals surface area (Å²) in [5, 5.41) is 10.2. The highest BCUT2D eigenvalue weighted by atomic mass is 35.5. The molecular formula is C20H11ClFN5. The summed E-state index contributed by atoms with van der Waals surface area (Å²) >= 11 is 5.78. The first-order valence-corrected chi connectivity index (χ1v) is 8.33. The first kappa shape index (κ1) is 16.9. The zero-order valence-corrected chi connectivity index (χ0v) is 14.6. The van der Waals surface area contributed by atoms with Gasteiger partial charge >= 0.3 is 0 Å². The van der Waals surface area contributed by atoms with Gasteiger partial charge in [0.25, 0.3) is 0 Å². The van der Waals surface area contributed by atoms with Gasteiger partial charge in [0.2, 0.25) is 0 Å². The Balaban J connectivity index is 1.99. The predicted molar refractivity (Wildman–Crippen MR) is 102 cm³/mol. The zero-order valence-electron chi connectivity index (χ0n) is 13.8. The van der Waals surface area contributed by atoms with E-state index in [-0.39, 0.29) is 16.5 Å². The summed E-state index contributed by atoms with van der Waals surface area (Å²) in [6.45, 7) is 0. The number of nitrogens with zero attached hydrogens (tertiary/aromatic N) is 4. The van der Waals surface area contributed by atoms with E-state index in [9.17, 15) is 9.65 Å². The molecule has 0 atom stereocenters. The molecule has 0 fully saturated rings. The van der Waals surface area contributed by atoms with Gasteiger partial charge in [-0.05, 0) is 30.3 Å². The second-order valence-corrected chi connectivity index (χ2v) is 6.21. The number of anilines is 1. The number of halogens is 2. The van der Waals surface area contributed by atoms with Crippen LogP contribution in [0.25, 0.3) is 33.4 Å². The molecule has 0 saturated carbocycles. The molecule has 2 aromatic heterocycles. The van der Waals surface area contributed by atoms with Gasteiger partial charge in [0.1, 0.15) is 11.9 Å². The molecule has 0 aliphatic carbocycles. The number of nitrogens with two attached hydrogens (primary N) is 1. The van der Waals surface area contributed by atoms with E-state index in [2.05, 4.69) is 15.0 Å². The first-order valence-electron chi connectivity index (χ1n) is 7.95. The largest absolute Gasteiger partial charge is 0.381 e. The van der Waals surface area contributed by atoms with Crippen molar-refractivity contribution >= 4 is 28.3 Å². The van der Waals surface area contributed by atoms with Crippen molar-refractivity contribution in [1.82, 2.24) is 15.0 Å². The average Bonchev–Trinajstić information content (AvgIpc) is 2.69. The first-order chi connectivity index (χ1) is 13.1. The van der Waals surface area contributed by atoms with Crippen molar-refractivity contribution in [3.8, 4) is 28.6 Å². The molecule has 5 nitrogen and oxygen atoms in total. The van der Waals surface area contributed by atoms with E-state index in [1.165, 1.54) is 12.1 Å². The lowest BCUT2D eigenvalue weighted by Crippen LogP contribution is -2.03. The maximum atomic E-state index is 14.0. The summed E-state index contributed by atoms with van der Waals surface area (Å²) in [6.07, 6.45) is 1.71.